The molecule has 1 amide bonds. The predicted octanol–water partition coefficient (Wildman–Crippen LogP) is 3.07. The average molecular weight is 399 g/mol. The molecule has 1 saturated carbocycles. The smallest absolute Gasteiger partial charge is 0.240 e. The lowest BCUT2D eigenvalue weighted by molar-refractivity contribution is -0.125. The van der Waals surface area contributed by atoms with Gasteiger partial charge in [0.25, 0.3) is 0 Å². The van der Waals surface area contributed by atoms with E-state index in [2.05, 4.69) is 20.8 Å². The van der Waals surface area contributed by atoms with Crippen LogP contribution in [-0.2, 0) is 4.79 Å². The molecule has 1 aromatic heterocycles. The summed E-state index contributed by atoms with van der Waals surface area (Å²) in [5.74, 6) is 1.61. The van der Waals surface area contributed by atoms with E-state index in [1.165, 1.54) is 19.3 Å². The lowest BCUT2D eigenvalue weighted by Crippen LogP contribution is -2.46. The zero-order chi connectivity index (χ0) is 20.2. The highest BCUT2D eigenvalue weighted by Gasteiger charge is 2.32. The Kier molecular flexibility index (Phi) is 6.25. The predicted molar refractivity (Wildman–Crippen MR) is 109 cm³/mol. The van der Waals surface area contributed by atoms with Gasteiger partial charge in [-0.25, -0.2) is 0 Å². The monoisotopic (exact) mass is 398 g/mol. The SMILES string of the molecule is CC[C@H](NC(=O)[C@H]1NCC[C@@H]1O)c1ccc(-c2noc(C3CCCCC3)n2)cc1. The molecule has 156 valence electrons. The molecular weight excluding hydrogens is 368 g/mol. The summed E-state index contributed by atoms with van der Waals surface area (Å²) < 4.78 is 5.53. The number of amides is 1. The summed E-state index contributed by atoms with van der Waals surface area (Å²) in [6.45, 7) is 2.70. The molecule has 1 aliphatic heterocycles. The fourth-order valence-corrected chi connectivity index (χ4v) is 4.37. The Morgan fingerprint density at radius 2 is 2.00 bits per heavy atom. The van der Waals surface area contributed by atoms with Crippen molar-refractivity contribution in [2.75, 3.05) is 6.54 Å². The maximum Gasteiger partial charge on any atom is 0.240 e. The molecule has 2 heterocycles. The molecule has 29 heavy (non-hydrogen) atoms. The van der Waals surface area contributed by atoms with Crippen molar-refractivity contribution in [3.05, 3.63) is 35.7 Å². The van der Waals surface area contributed by atoms with Gasteiger partial charge >= 0.3 is 0 Å². The van der Waals surface area contributed by atoms with Crippen LogP contribution in [0.25, 0.3) is 11.4 Å². The van der Waals surface area contributed by atoms with Crippen LogP contribution in [0.15, 0.2) is 28.8 Å². The maximum absolute atomic E-state index is 12.5. The summed E-state index contributed by atoms with van der Waals surface area (Å²) in [4.78, 5) is 17.1. The van der Waals surface area contributed by atoms with Crippen molar-refractivity contribution in [3.8, 4) is 11.4 Å². The van der Waals surface area contributed by atoms with Gasteiger partial charge in [-0.05, 0) is 37.8 Å². The summed E-state index contributed by atoms with van der Waals surface area (Å²) >= 11 is 0. The van der Waals surface area contributed by atoms with Crippen LogP contribution in [0.2, 0.25) is 0 Å². The zero-order valence-electron chi connectivity index (χ0n) is 16.9. The highest BCUT2D eigenvalue weighted by Crippen LogP contribution is 2.32. The number of hydrogen-bond donors (Lipinski definition) is 3. The van der Waals surface area contributed by atoms with Gasteiger partial charge in [-0.15, -0.1) is 0 Å². The van der Waals surface area contributed by atoms with Crippen LogP contribution in [0.3, 0.4) is 0 Å². The largest absolute Gasteiger partial charge is 0.391 e. The molecular formula is C22H30N4O3. The van der Waals surface area contributed by atoms with E-state index in [0.29, 0.717) is 24.7 Å². The second-order valence-corrected chi connectivity index (χ2v) is 8.17. The van der Waals surface area contributed by atoms with Gasteiger partial charge in [0.2, 0.25) is 17.6 Å². The maximum atomic E-state index is 12.5. The van der Waals surface area contributed by atoms with Crippen molar-refractivity contribution in [1.29, 1.82) is 0 Å². The number of nitrogens with zero attached hydrogens (tertiary/aromatic N) is 2. The summed E-state index contributed by atoms with van der Waals surface area (Å²) in [5.41, 5.74) is 1.93. The van der Waals surface area contributed by atoms with Gasteiger partial charge in [-0.3, -0.25) is 4.79 Å². The molecule has 7 nitrogen and oxygen atoms in total. The quantitative estimate of drug-likeness (QED) is 0.691. The summed E-state index contributed by atoms with van der Waals surface area (Å²) in [5, 5.41) is 20.2. The van der Waals surface area contributed by atoms with Gasteiger partial charge in [0.15, 0.2) is 0 Å². The lowest BCUT2D eigenvalue weighted by Gasteiger charge is -2.21. The number of carbonyl (C=O) groups excluding carboxylic acids is 1. The van der Waals surface area contributed by atoms with Gasteiger partial charge in [0.05, 0.1) is 12.1 Å². The van der Waals surface area contributed by atoms with Crippen molar-refractivity contribution in [3.63, 3.8) is 0 Å². The van der Waals surface area contributed by atoms with E-state index in [0.717, 1.165) is 36.3 Å². The third-order valence-electron chi connectivity index (χ3n) is 6.16. The van der Waals surface area contributed by atoms with Gasteiger partial charge in [-0.1, -0.05) is 55.6 Å². The van der Waals surface area contributed by atoms with E-state index >= 15 is 0 Å². The molecule has 0 bridgehead atoms. The normalized spacial score (nSPS) is 23.8. The second kappa shape index (κ2) is 9.05. The van der Waals surface area contributed by atoms with Crippen LogP contribution in [-0.4, -0.2) is 39.8 Å². The molecule has 1 aliphatic carbocycles. The molecule has 3 N–H and O–H groups in total. The first kappa shape index (κ1) is 20.0. The van der Waals surface area contributed by atoms with Crippen molar-refractivity contribution < 1.29 is 14.4 Å². The van der Waals surface area contributed by atoms with E-state index in [1.807, 2.05) is 31.2 Å². The average Bonchev–Trinajstić information content (AvgIpc) is 3.42. The Morgan fingerprint density at radius 3 is 2.66 bits per heavy atom. The van der Waals surface area contributed by atoms with E-state index < -0.39 is 12.1 Å². The standard InChI is InChI=1S/C22H30N4O3/c1-2-17(24-21(28)19-18(27)12-13-23-19)14-8-10-15(11-9-14)20-25-22(29-26-20)16-6-4-3-5-7-16/h8-11,16-19,23,27H,2-7,12-13H2,1H3,(H,24,28)/t17-,18-,19-/m0/s1. The number of carbonyl (C=O) groups is 1. The first-order valence-electron chi connectivity index (χ1n) is 10.8. The topological polar surface area (TPSA) is 100 Å². The summed E-state index contributed by atoms with van der Waals surface area (Å²) in [6.07, 6.45) is 6.77. The van der Waals surface area contributed by atoms with Crippen LogP contribution in [0.4, 0.5) is 0 Å². The minimum atomic E-state index is -0.619. The van der Waals surface area contributed by atoms with Crippen LogP contribution < -0.4 is 10.6 Å². The molecule has 3 atom stereocenters. The van der Waals surface area contributed by atoms with Gasteiger partial charge in [-0.2, -0.15) is 4.98 Å². The molecule has 2 aliphatic rings. The van der Waals surface area contributed by atoms with Gasteiger partial charge < -0.3 is 20.3 Å². The first-order valence-corrected chi connectivity index (χ1v) is 10.8. The van der Waals surface area contributed by atoms with E-state index in [9.17, 15) is 9.90 Å². The van der Waals surface area contributed by atoms with E-state index in [4.69, 9.17) is 4.52 Å². The molecule has 4 rings (SSSR count). The van der Waals surface area contributed by atoms with E-state index in [1.54, 1.807) is 0 Å². The Morgan fingerprint density at radius 1 is 1.24 bits per heavy atom. The minimum absolute atomic E-state index is 0.103. The minimum Gasteiger partial charge on any atom is -0.391 e. The molecule has 1 saturated heterocycles. The molecule has 0 spiro atoms. The number of hydrogen-bond acceptors (Lipinski definition) is 6. The van der Waals surface area contributed by atoms with Gasteiger partial charge in [0, 0.05) is 11.5 Å². The lowest BCUT2D eigenvalue weighted by atomic mass is 9.89. The number of nitrogens with one attached hydrogen (secondary N) is 2. The molecule has 0 radical (unpaired) electrons. The van der Waals surface area contributed by atoms with Crippen LogP contribution in [0.1, 0.15) is 75.3 Å². The van der Waals surface area contributed by atoms with Crippen molar-refractivity contribution in [2.45, 2.75) is 76.0 Å². The summed E-state index contributed by atoms with van der Waals surface area (Å²) in [6, 6.07) is 7.32. The highest BCUT2D eigenvalue weighted by molar-refractivity contribution is 5.83. The van der Waals surface area contributed by atoms with Crippen molar-refractivity contribution in [1.82, 2.24) is 20.8 Å². The highest BCUT2D eigenvalue weighted by atomic mass is 16.5. The first-order chi connectivity index (χ1) is 14.2. The molecule has 7 heteroatoms. The van der Waals surface area contributed by atoms with Crippen molar-refractivity contribution in [2.24, 2.45) is 0 Å². The van der Waals surface area contributed by atoms with Crippen LogP contribution >= 0.6 is 0 Å². The fraction of sp³-hybridized carbons (Fsp3) is 0.591. The van der Waals surface area contributed by atoms with Gasteiger partial charge in [0.1, 0.15) is 6.04 Å². The summed E-state index contributed by atoms with van der Waals surface area (Å²) in [7, 11) is 0. The Bertz CT molecular complexity index is 814. The third-order valence-corrected chi connectivity index (χ3v) is 6.16. The Balaban J connectivity index is 1.42. The number of aromatic nitrogens is 2. The number of aliphatic hydroxyl groups excluding tert-OH is 1. The molecule has 0 unspecified atom stereocenters. The van der Waals surface area contributed by atoms with Crippen LogP contribution in [0, 0.1) is 0 Å². The van der Waals surface area contributed by atoms with Crippen molar-refractivity contribution >= 4 is 5.91 Å². The number of aliphatic hydroxyl groups is 1. The molecule has 2 fully saturated rings. The third kappa shape index (κ3) is 4.51. The molecule has 1 aromatic carbocycles. The fourth-order valence-electron chi connectivity index (χ4n) is 4.37. The Hall–Kier alpha value is -2.25. The van der Waals surface area contributed by atoms with Crippen LogP contribution in [0.5, 0.6) is 0 Å². The number of benzene rings is 1. The van der Waals surface area contributed by atoms with E-state index in [-0.39, 0.29) is 11.9 Å². The number of rotatable bonds is 6. The Labute approximate surface area is 171 Å². The zero-order valence-corrected chi connectivity index (χ0v) is 16.9. The second-order valence-electron chi connectivity index (χ2n) is 8.17. The molecule has 2 aromatic rings.